The fraction of sp³-hybridized carbons (Fsp3) is 0.286. The predicted octanol–water partition coefficient (Wildman–Crippen LogP) is 11.7. The summed E-state index contributed by atoms with van der Waals surface area (Å²) in [5, 5.41) is 0. The minimum atomic E-state index is -0.206. The number of hydrogen-bond donors (Lipinski definition) is 0. The van der Waals surface area contributed by atoms with Crippen LogP contribution in [0.3, 0.4) is 0 Å². The molecule has 0 aliphatic carbocycles. The maximum atomic E-state index is 13.2. The molecule has 0 N–H and O–H groups in total. The number of hydrogen-bond acceptors (Lipinski definition) is 2. The second kappa shape index (κ2) is 17.9. The second-order valence-electron chi connectivity index (χ2n) is 11.9. The van der Waals surface area contributed by atoms with Crippen molar-refractivity contribution in [3.63, 3.8) is 0 Å². The molecule has 0 radical (unpaired) electrons. The molecule has 46 heavy (non-hydrogen) atoms. The van der Waals surface area contributed by atoms with E-state index in [1.165, 1.54) is 48.2 Å². The molecular formula is C42H44F2O2. The number of para-hydroxylation sites is 2. The number of unbranched alkanes of at least 4 members (excludes halogenated alkanes) is 6. The first-order chi connectivity index (χ1) is 22.6. The van der Waals surface area contributed by atoms with Crippen LogP contribution in [0.4, 0.5) is 8.78 Å². The SMILES string of the molecule is Fc1ccc(-c2ccc(CCCCCCOc3ccccc3OCCCCCCc3ccc(-c4ccc(F)cc4)cc3)cc2)cc1. The smallest absolute Gasteiger partial charge is 0.161 e. The quantitative estimate of drug-likeness (QED) is 0.0910. The van der Waals surface area contributed by atoms with E-state index in [1.54, 1.807) is 0 Å². The molecule has 0 saturated carbocycles. The first-order valence-corrected chi connectivity index (χ1v) is 16.7. The van der Waals surface area contributed by atoms with Crippen molar-refractivity contribution in [2.24, 2.45) is 0 Å². The Labute approximate surface area is 273 Å². The highest BCUT2D eigenvalue weighted by Gasteiger charge is 2.05. The van der Waals surface area contributed by atoms with Crippen molar-refractivity contribution < 1.29 is 18.3 Å². The molecule has 5 aromatic carbocycles. The highest BCUT2D eigenvalue weighted by molar-refractivity contribution is 5.64. The Bertz CT molecular complexity index is 1460. The predicted molar refractivity (Wildman–Crippen MR) is 185 cm³/mol. The number of benzene rings is 5. The van der Waals surface area contributed by atoms with E-state index >= 15 is 0 Å². The third-order valence-electron chi connectivity index (χ3n) is 8.35. The van der Waals surface area contributed by atoms with E-state index in [4.69, 9.17) is 9.47 Å². The van der Waals surface area contributed by atoms with Crippen LogP contribution < -0.4 is 9.47 Å². The summed E-state index contributed by atoms with van der Waals surface area (Å²) in [5.41, 5.74) is 6.98. The van der Waals surface area contributed by atoms with Crippen molar-refractivity contribution in [3.05, 3.63) is 144 Å². The summed E-state index contributed by atoms with van der Waals surface area (Å²) in [5.74, 6) is 1.24. The van der Waals surface area contributed by atoms with Gasteiger partial charge in [0.25, 0.3) is 0 Å². The van der Waals surface area contributed by atoms with Gasteiger partial charge in [0.15, 0.2) is 11.5 Å². The molecule has 5 aromatic rings. The Morgan fingerprint density at radius 2 is 0.674 bits per heavy atom. The Hall–Kier alpha value is -4.44. The van der Waals surface area contributed by atoms with Crippen LogP contribution in [-0.4, -0.2) is 13.2 Å². The molecule has 0 aliphatic rings. The van der Waals surface area contributed by atoms with Gasteiger partial charge < -0.3 is 9.47 Å². The van der Waals surface area contributed by atoms with Gasteiger partial charge in [-0.3, -0.25) is 0 Å². The van der Waals surface area contributed by atoms with E-state index in [1.807, 2.05) is 48.5 Å². The summed E-state index contributed by atoms with van der Waals surface area (Å²) in [6.07, 6.45) is 11.1. The molecule has 0 amide bonds. The summed E-state index contributed by atoms with van der Waals surface area (Å²) in [4.78, 5) is 0. The van der Waals surface area contributed by atoms with Crippen molar-refractivity contribution in [2.75, 3.05) is 13.2 Å². The first-order valence-electron chi connectivity index (χ1n) is 16.7. The average Bonchev–Trinajstić information content (AvgIpc) is 3.09. The largest absolute Gasteiger partial charge is 0.490 e. The number of rotatable bonds is 18. The molecule has 0 fully saturated rings. The molecule has 0 unspecified atom stereocenters. The third-order valence-corrected chi connectivity index (χ3v) is 8.35. The van der Waals surface area contributed by atoms with Gasteiger partial charge in [-0.05, 0) is 108 Å². The zero-order chi connectivity index (χ0) is 31.8. The van der Waals surface area contributed by atoms with E-state index in [9.17, 15) is 8.78 Å². The zero-order valence-electron chi connectivity index (χ0n) is 26.6. The van der Waals surface area contributed by atoms with Crippen LogP contribution >= 0.6 is 0 Å². The molecular weight excluding hydrogens is 574 g/mol. The van der Waals surface area contributed by atoms with Crippen LogP contribution in [0.5, 0.6) is 11.5 Å². The lowest BCUT2D eigenvalue weighted by Crippen LogP contribution is -2.02. The van der Waals surface area contributed by atoms with Crippen LogP contribution in [0.1, 0.15) is 62.5 Å². The van der Waals surface area contributed by atoms with E-state index in [-0.39, 0.29) is 11.6 Å². The van der Waals surface area contributed by atoms with Crippen molar-refractivity contribution in [1.29, 1.82) is 0 Å². The second-order valence-corrected chi connectivity index (χ2v) is 11.9. The minimum absolute atomic E-state index is 0.206. The Kier molecular flexibility index (Phi) is 12.8. The number of aryl methyl sites for hydroxylation is 2. The standard InChI is InChI=1S/C42H44F2O2/c43-39-27-23-37(24-28-39)35-19-15-33(16-20-35)11-5-1-3-9-31-45-41-13-7-8-14-42(41)46-32-10-4-2-6-12-34-17-21-36(22-18-34)38-25-29-40(44)30-26-38/h7-8,13-30H,1-6,9-12,31-32H2. The maximum absolute atomic E-state index is 13.2. The van der Waals surface area contributed by atoms with E-state index < -0.39 is 0 Å². The Morgan fingerprint density at radius 3 is 1.04 bits per heavy atom. The first kappa shape index (κ1) is 32.9. The summed E-state index contributed by atoms with van der Waals surface area (Å²) < 4.78 is 38.5. The molecule has 4 heteroatoms. The lowest BCUT2D eigenvalue weighted by Gasteiger charge is -2.13. The lowest BCUT2D eigenvalue weighted by atomic mass is 10.0. The van der Waals surface area contributed by atoms with Crippen LogP contribution in [0.25, 0.3) is 22.3 Å². The molecule has 238 valence electrons. The van der Waals surface area contributed by atoms with Crippen LogP contribution in [0.15, 0.2) is 121 Å². The molecule has 0 saturated heterocycles. The Morgan fingerprint density at radius 1 is 0.348 bits per heavy atom. The van der Waals surface area contributed by atoms with Crippen molar-refractivity contribution in [1.82, 2.24) is 0 Å². The maximum Gasteiger partial charge on any atom is 0.161 e. The van der Waals surface area contributed by atoms with Gasteiger partial charge in [0.05, 0.1) is 13.2 Å². The van der Waals surface area contributed by atoms with E-state index in [2.05, 4.69) is 48.5 Å². The number of halogens is 2. The molecule has 0 atom stereocenters. The fourth-order valence-electron chi connectivity index (χ4n) is 5.63. The van der Waals surface area contributed by atoms with Crippen molar-refractivity contribution in [3.8, 4) is 33.8 Å². The van der Waals surface area contributed by atoms with Gasteiger partial charge in [-0.15, -0.1) is 0 Å². The average molecular weight is 619 g/mol. The van der Waals surface area contributed by atoms with Crippen molar-refractivity contribution >= 4 is 0 Å². The molecule has 0 spiro atoms. The number of ether oxygens (including phenoxy) is 2. The van der Waals surface area contributed by atoms with E-state index in [0.29, 0.717) is 13.2 Å². The third kappa shape index (κ3) is 10.6. The molecule has 0 aromatic heterocycles. The summed E-state index contributed by atoms with van der Waals surface area (Å²) in [6, 6.07) is 38.5. The zero-order valence-corrected chi connectivity index (χ0v) is 26.6. The van der Waals surface area contributed by atoms with Gasteiger partial charge in [-0.2, -0.15) is 0 Å². The molecule has 5 rings (SSSR count). The normalized spacial score (nSPS) is 11.0. The lowest BCUT2D eigenvalue weighted by molar-refractivity contribution is 0.258. The minimum Gasteiger partial charge on any atom is -0.490 e. The van der Waals surface area contributed by atoms with Crippen LogP contribution in [-0.2, 0) is 12.8 Å². The highest BCUT2D eigenvalue weighted by atomic mass is 19.1. The van der Waals surface area contributed by atoms with Gasteiger partial charge in [-0.25, -0.2) is 8.78 Å². The summed E-state index contributed by atoms with van der Waals surface area (Å²) in [7, 11) is 0. The van der Waals surface area contributed by atoms with Crippen molar-refractivity contribution in [2.45, 2.75) is 64.2 Å². The summed E-state index contributed by atoms with van der Waals surface area (Å²) in [6.45, 7) is 1.38. The highest BCUT2D eigenvalue weighted by Crippen LogP contribution is 2.27. The molecule has 0 bridgehead atoms. The topological polar surface area (TPSA) is 18.5 Å². The van der Waals surface area contributed by atoms with Gasteiger partial charge in [0.1, 0.15) is 11.6 Å². The molecule has 0 heterocycles. The molecule has 0 aliphatic heterocycles. The van der Waals surface area contributed by atoms with Gasteiger partial charge >= 0.3 is 0 Å². The van der Waals surface area contributed by atoms with Crippen LogP contribution in [0.2, 0.25) is 0 Å². The van der Waals surface area contributed by atoms with Gasteiger partial charge in [0, 0.05) is 0 Å². The fourth-order valence-corrected chi connectivity index (χ4v) is 5.63. The van der Waals surface area contributed by atoms with Gasteiger partial charge in [-0.1, -0.05) is 111 Å². The van der Waals surface area contributed by atoms with E-state index in [0.717, 1.165) is 85.1 Å². The molecule has 2 nitrogen and oxygen atoms in total. The van der Waals surface area contributed by atoms with Gasteiger partial charge in [0.2, 0.25) is 0 Å². The Balaban J connectivity index is 0.905. The van der Waals surface area contributed by atoms with Crippen LogP contribution in [0, 0.1) is 11.6 Å². The monoisotopic (exact) mass is 618 g/mol. The summed E-state index contributed by atoms with van der Waals surface area (Å²) >= 11 is 0.